The van der Waals surface area contributed by atoms with Crippen molar-refractivity contribution < 1.29 is 24.2 Å². The van der Waals surface area contributed by atoms with E-state index in [1.807, 2.05) is 64.1 Å². The lowest BCUT2D eigenvalue weighted by molar-refractivity contribution is -0.152. The SMILES string of the molecule is CC(C)C[C@@H](C(=O)O)N(C)C(=O)[C@@H](C(C)C)N(C)C(=O)OCC1c2ccccc2-c2ccccc21. The van der Waals surface area contributed by atoms with Crippen molar-refractivity contribution in [3.63, 3.8) is 0 Å². The number of carbonyl (C=O) groups is 3. The zero-order valence-electron chi connectivity index (χ0n) is 21.4. The van der Waals surface area contributed by atoms with E-state index in [-0.39, 0.29) is 24.4 Å². The summed E-state index contributed by atoms with van der Waals surface area (Å²) >= 11 is 0. The summed E-state index contributed by atoms with van der Waals surface area (Å²) in [7, 11) is 3.03. The van der Waals surface area contributed by atoms with Gasteiger partial charge in [-0.05, 0) is 40.5 Å². The average molecular weight is 481 g/mol. The molecule has 0 saturated carbocycles. The number of amides is 2. The molecule has 1 aliphatic carbocycles. The quantitative estimate of drug-likeness (QED) is 0.554. The van der Waals surface area contributed by atoms with Gasteiger partial charge in [0.25, 0.3) is 0 Å². The van der Waals surface area contributed by atoms with E-state index in [2.05, 4.69) is 12.1 Å². The zero-order valence-corrected chi connectivity index (χ0v) is 21.4. The normalized spacial score (nSPS) is 14.3. The number of ether oxygens (including phenoxy) is 1. The highest BCUT2D eigenvalue weighted by Gasteiger charge is 2.38. The molecule has 0 fully saturated rings. The van der Waals surface area contributed by atoms with Crippen LogP contribution in [0, 0.1) is 11.8 Å². The Kier molecular flexibility index (Phi) is 8.20. The smallest absolute Gasteiger partial charge is 0.410 e. The number of fused-ring (bicyclic) bond motifs is 3. The first-order valence-electron chi connectivity index (χ1n) is 12.1. The molecule has 0 aromatic heterocycles. The summed E-state index contributed by atoms with van der Waals surface area (Å²) in [5.74, 6) is -1.68. The number of hydrogen-bond donors (Lipinski definition) is 1. The van der Waals surface area contributed by atoms with Gasteiger partial charge in [0.05, 0.1) is 0 Å². The number of likely N-dealkylation sites (N-methyl/N-ethyl adjacent to an activating group) is 2. The predicted octanol–water partition coefficient (Wildman–Crippen LogP) is 4.85. The standard InChI is InChI=1S/C28H36N2O5/c1-17(2)15-24(27(32)33)29(5)26(31)25(18(3)4)30(6)28(34)35-16-23-21-13-9-7-11-19(21)20-12-8-10-14-22(20)23/h7-14,17-18,23-25H,15-16H2,1-6H3,(H,32,33)/t24-,25+/m0/s1. The second kappa shape index (κ2) is 10.9. The highest BCUT2D eigenvalue weighted by Crippen LogP contribution is 2.44. The Morgan fingerprint density at radius 1 is 0.886 bits per heavy atom. The summed E-state index contributed by atoms with van der Waals surface area (Å²) in [6.07, 6.45) is -0.278. The van der Waals surface area contributed by atoms with Gasteiger partial charge < -0.3 is 14.7 Å². The van der Waals surface area contributed by atoms with Crippen molar-refractivity contribution in [3.8, 4) is 11.1 Å². The van der Waals surface area contributed by atoms with E-state index in [1.165, 1.54) is 23.9 Å². The molecule has 3 rings (SSSR count). The number of benzene rings is 2. The van der Waals surface area contributed by atoms with Crippen LogP contribution >= 0.6 is 0 Å². The van der Waals surface area contributed by atoms with Crippen molar-refractivity contribution in [2.75, 3.05) is 20.7 Å². The zero-order chi connectivity index (χ0) is 25.9. The number of aliphatic carboxylic acids is 1. The summed E-state index contributed by atoms with van der Waals surface area (Å²) in [6.45, 7) is 7.65. The van der Waals surface area contributed by atoms with E-state index in [0.717, 1.165) is 22.3 Å². The molecule has 35 heavy (non-hydrogen) atoms. The minimum absolute atomic E-state index is 0.0851. The molecule has 7 nitrogen and oxygen atoms in total. The molecule has 2 atom stereocenters. The number of hydrogen-bond acceptors (Lipinski definition) is 4. The fourth-order valence-corrected chi connectivity index (χ4v) is 4.94. The summed E-state index contributed by atoms with van der Waals surface area (Å²) in [4.78, 5) is 40.8. The highest BCUT2D eigenvalue weighted by molar-refractivity contribution is 5.89. The number of carboxylic acids is 1. The van der Waals surface area contributed by atoms with Crippen LogP contribution in [0.3, 0.4) is 0 Å². The Bertz CT molecular complexity index is 1040. The molecule has 0 saturated heterocycles. The Labute approximate surface area is 207 Å². The summed E-state index contributed by atoms with van der Waals surface area (Å²) in [6, 6.07) is 14.4. The molecule has 0 bridgehead atoms. The second-order valence-electron chi connectivity index (χ2n) is 10.0. The second-order valence-corrected chi connectivity index (χ2v) is 10.0. The molecule has 0 radical (unpaired) electrons. The molecule has 188 valence electrons. The lowest BCUT2D eigenvalue weighted by Gasteiger charge is -2.35. The van der Waals surface area contributed by atoms with E-state index < -0.39 is 30.1 Å². The van der Waals surface area contributed by atoms with Crippen LogP contribution in [0.15, 0.2) is 48.5 Å². The molecule has 7 heteroatoms. The summed E-state index contributed by atoms with van der Waals surface area (Å²) in [5.41, 5.74) is 4.50. The Hall–Kier alpha value is -3.35. The maximum Gasteiger partial charge on any atom is 0.410 e. The van der Waals surface area contributed by atoms with Crippen LogP contribution in [0.25, 0.3) is 11.1 Å². The van der Waals surface area contributed by atoms with Crippen molar-refractivity contribution in [2.45, 2.75) is 52.1 Å². The van der Waals surface area contributed by atoms with Gasteiger partial charge in [-0.3, -0.25) is 9.69 Å². The van der Waals surface area contributed by atoms with Gasteiger partial charge in [0.15, 0.2) is 0 Å². The third kappa shape index (κ3) is 5.50. The Morgan fingerprint density at radius 3 is 1.86 bits per heavy atom. The van der Waals surface area contributed by atoms with Gasteiger partial charge in [0, 0.05) is 20.0 Å². The molecule has 0 heterocycles. The van der Waals surface area contributed by atoms with Crippen LogP contribution in [-0.4, -0.2) is 65.7 Å². The maximum absolute atomic E-state index is 13.4. The van der Waals surface area contributed by atoms with Gasteiger partial charge in [-0.2, -0.15) is 0 Å². The fraction of sp³-hybridized carbons (Fsp3) is 0.464. The van der Waals surface area contributed by atoms with Gasteiger partial charge in [0.2, 0.25) is 5.91 Å². The van der Waals surface area contributed by atoms with Crippen molar-refractivity contribution in [1.29, 1.82) is 0 Å². The lowest BCUT2D eigenvalue weighted by atomic mass is 9.98. The molecule has 2 aromatic carbocycles. The molecule has 0 aliphatic heterocycles. The molecular formula is C28H36N2O5. The fourth-order valence-electron chi connectivity index (χ4n) is 4.94. The summed E-state index contributed by atoms with van der Waals surface area (Å²) in [5, 5.41) is 9.68. The first kappa shape index (κ1) is 26.3. The van der Waals surface area contributed by atoms with Crippen LogP contribution in [0.4, 0.5) is 4.79 Å². The van der Waals surface area contributed by atoms with E-state index >= 15 is 0 Å². The van der Waals surface area contributed by atoms with Crippen LogP contribution in [0.2, 0.25) is 0 Å². The minimum Gasteiger partial charge on any atom is -0.480 e. The van der Waals surface area contributed by atoms with Gasteiger partial charge in [-0.1, -0.05) is 76.2 Å². The third-order valence-corrected chi connectivity index (χ3v) is 6.72. The monoisotopic (exact) mass is 480 g/mol. The van der Waals surface area contributed by atoms with Crippen molar-refractivity contribution >= 4 is 18.0 Å². The molecule has 1 aliphatic rings. The summed E-state index contributed by atoms with van der Waals surface area (Å²) < 4.78 is 5.73. The number of carbonyl (C=O) groups excluding carboxylic acids is 2. The number of nitrogens with zero attached hydrogens (tertiary/aromatic N) is 2. The average Bonchev–Trinajstić information content (AvgIpc) is 3.13. The van der Waals surface area contributed by atoms with Gasteiger partial charge in [-0.25, -0.2) is 9.59 Å². The lowest BCUT2D eigenvalue weighted by Crippen LogP contribution is -2.55. The van der Waals surface area contributed by atoms with E-state index in [0.29, 0.717) is 6.42 Å². The predicted molar refractivity (Wildman–Crippen MR) is 135 cm³/mol. The topological polar surface area (TPSA) is 87.2 Å². The minimum atomic E-state index is -1.05. The van der Waals surface area contributed by atoms with Crippen LogP contribution in [-0.2, 0) is 14.3 Å². The molecule has 2 aromatic rings. The highest BCUT2D eigenvalue weighted by atomic mass is 16.6. The number of rotatable bonds is 9. The Balaban J connectivity index is 1.75. The van der Waals surface area contributed by atoms with E-state index in [1.54, 1.807) is 0 Å². The van der Waals surface area contributed by atoms with Crippen molar-refractivity contribution in [1.82, 2.24) is 9.80 Å². The van der Waals surface area contributed by atoms with E-state index in [9.17, 15) is 19.5 Å². The third-order valence-electron chi connectivity index (χ3n) is 6.72. The molecule has 0 spiro atoms. The van der Waals surface area contributed by atoms with Gasteiger partial charge >= 0.3 is 12.1 Å². The first-order valence-corrected chi connectivity index (χ1v) is 12.1. The first-order chi connectivity index (χ1) is 16.5. The number of carboxylic acid groups (broad SMARTS) is 1. The van der Waals surface area contributed by atoms with Crippen molar-refractivity contribution in [2.24, 2.45) is 11.8 Å². The maximum atomic E-state index is 13.4. The van der Waals surface area contributed by atoms with Gasteiger partial charge in [0.1, 0.15) is 18.7 Å². The van der Waals surface area contributed by atoms with Crippen LogP contribution in [0.1, 0.15) is 51.2 Å². The van der Waals surface area contributed by atoms with E-state index in [4.69, 9.17) is 4.74 Å². The van der Waals surface area contributed by atoms with Crippen molar-refractivity contribution in [3.05, 3.63) is 59.7 Å². The molecule has 0 unspecified atom stereocenters. The molecule has 1 N–H and O–H groups in total. The molecular weight excluding hydrogens is 444 g/mol. The van der Waals surface area contributed by atoms with Crippen LogP contribution in [0.5, 0.6) is 0 Å². The largest absolute Gasteiger partial charge is 0.480 e. The van der Waals surface area contributed by atoms with Gasteiger partial charge in [-0.15, -0.1) is 0 Å². The molecule has 2 amide bonds. The van der Waals surface area contributed by atoms with Crippen LogP contribution < -0.4 is 0 Å². The Morgan fingerprint density at radius 2 is 1.40 bits per heavy atom.